The SMILES string of the molecule is CCCC1(N(C)c2ccc3ccccc3c2)c2cc3c(cc21)C(C)(C)c1cc2c(cc1-3)CC2(CC)N(C)c1ccc2ccccc2c1. The Morgan fingerprint density at radius 2 is 1.09 bits per heavy atom. The highest BCUT2D eigenvalue weighted by Crippen LogP contribution is 2.62. The van der Waals surface area contributed by atoms with Crippen LogP contribution < -0.4 is 9.80 Å². The van der Waals surface area contributed by atoms with Crippen LogP contribution in [-0.4, -0.2) is 14.1 Å². The predicted molar refractivity (Wildman–Crippen MR) is 200 cm³/mol. The third-order valence-corrected chi connectivity index (χ3v) is 12.5. The predicted octanol–water partition coefficient (Wildman–Crippen LogP) is 11.1. The summed E-state index contributed by atoms with van der Waals surface area (Å²) >= 11 is 0. The van der Waals surface area contributed by atoms with E-state index in [4.69, 9.17) is 0 Å². The first-order valence-electron chi connectivity index (χ1n) is 17.6. The lowest BCUT2D eigenvalue weighted by Crippen LogP contribution is -2.52. The molecule has 0 amide bonds. The minimum Gasteiger partial charge on any atom is -0.364 e. The summed E-state index contributed by atoms with van der Waals surface area (Å²) in [6.07, 6.45) is 4.45. The van der Waals surface area contributed by atoms with E-state index in [0.29, 0.717) is 0 Å². The number of hydrogen-bond acceptors (Lipinski definition) is 2. The summed E-state index contributed by atoms with van der Waals surface area (Å²) in [7, 11) is 4.61. The Morgan fingerprint density at radius 3 is 1.68 bits per heavy atom. The fourth-order valence-electron chi connectivity index (χ4n) is 9.59. The fraction of sp³-hybridized carbons (Fsp3) is 0.289. The quantitative estimate of drug-likeness (QED) is 0.177. The van der Waals surface area contributed by atoms with Crippen molar-refractivity contribution in [3.8, 4) is 11.1 Å². The second-order valence-corrected chi connectivity index (χ2v) is 15.0. The van der Waals surface area contributed by atoms with Crippen molar-refractivity contribution in [1.29, 1.82) is 0 Å². The molecule has 0 N–H and O–H groups in total. The van der Waals surface area contributed by atoms with Crippen molar-refractivity contribution in [2.75, 3.05) is 23.9 Å². The molecule has 0 spiro atoms. The lowest BCUT2D eigenvalue weighted by Gasteiger charge is -2.51. The zero-order valence-electron chi connectivity index (χ0n) is 28.6. The van der Waals surface area contributed by atoms with Crippen LogP contribution in [0.4, 0.5) is 11.4 Å². The third kappa shape index (κ3) is 3.73. The molecule has 2 unspecified atom stereocenters. The summed E-state index contributed by atoms with van der Waals surface area (Å²) in [6.45, 7) is 9.60. The molecule has 0 fully saturated rings. The molecular weight excluding hydrogens is 569 g/mol. The number of likely N-dealkylation sites (N-methyl/N-ethyl adjacent to an activating group) is 1. The van der Waals surface area contributed by atoms with E-state index in [0.717, 1.165) is 25.7 Å². The first-order valence-corrected chi connectivity index (χ1v) is 17.6. The van der Waals surface area contributed by atoms with Crippen molar-refractivity contribution < 1.29 is 0 Å². The number of benzene rings is 6. The zero-order chi connectivity index (χ0) is 32.3. The van der Waals surface area contributed by atoms with E-state index >= 15 is 0 Å². The van der Waals surface area contributed by atoms with Crippen LogP contribution in [0.25, 0.3) is 32.7 Å². The van der Waals surface area contributed by atoms with Crippen molar-refractivity contribution >= 4 is 32.9 Å². The fourth-order valence-corrected chi connectivity index (χ4v) is 9.59. The number of anilines is 2. The van der Waals surface area contributed by atoms with Crippen LogP contribution in [-0.2, 0) is 22.9 Å². The molecule has 234 valence electrons. The van der Waals surface area contributed by atoms with E-state index < -0.39 is 0 Å². The van der Waals surface area contributed by atoms with E-state index in [1.165, 1.54) is 77.4 Å². The van der Waals surface area contributed by atoms with Gasteiger partial charge in [-0.3, -0.25) is 0 Å². The van der Waals surface area contributed by atoms with Crippen LogP contribution in [0.2, 0.25) is 0 Å². The van der Waals surface area contributed by atoms with E-state index in [9.17, 15) is 0 Å². The van der Waals surface area contributed by atoms with Crippen molar-refractivity contribution in [2.24, 2.45) is 0 Å². The third-order valence-electron chi connectivity index (χ3n) is 12.5. The number of fused-ring (bicyclic) bond motifs is 7. The van der Waals surface area contributed by atoms with Crippen LogP contribution in [0.3, 0.4) is 0 Å². The van der Waals surface area contributed by atoms with Crippen LogP contribution >= 0.6 is 0 Å². The summed E-state index contributed by atoms with van der Waals surface area (Å²) in [5, 5.41) is 5.21. The molecule has 3 aliphatic rings. The molecule has 3 aliphatic carbocycles. The summed E-state index contributed by atoms with van der Waals surface area (Å²) in [6, 6.07) is 41.6. The number of hydrogen-bond donors (Lipinski definition) is 0. The standard InChI is InChI=1S/C45H44N2/c1-7-21-45(47(6)35-20-18-30-14-10-12-16-32(30)23-35)41-25-37-36-24-33-28-44(8-2,38(33)26-39(36)43(3,4)40(37)27-42(41)45)46(5)34-19-17-29-13-9-11-15-31(29)22-34/h9-20,22-27H,7-8,21,28H2,1-6H3. The highest BCUT2D eigenvalue weighted by Gasteiger charge is 2.55. The second-order valence-electron chi connectivity index (χ2n) is 15.0. The Bertz CT molecular complexity index is 2260. The molecule has 0 aromatic heterocycles. The van der Waals surface area contributed by atoms with Gasteiger partial charge in [0.2, 0.25) is 0 Å². The Labute approximate surface area is 279 Å². The maximum Gasteiger partial charge on any atom is 0.0910 e. The minimum absolute atomic E-state index is 0.0178. The molecule has 0 radical (unpaired) electrons. The van der Waals surface area contributed by atoms with Crippen LogP contribution in [0.5, 0.6) is 0 Å². The molecule has 9 rings (SSSR count). The summed E-state index contributed by atoms with van der Waals surface area (Å²) < 4.78 is 0. The normalized spacial score (nSPS) is 21.1. The highest BCUT2D eigenvalue weighted by atomic mass is 15.2. The molecule has 6 aromatic rings. The molecule has 6 aromatic carbocycles. The molecule has 2 nitrogen and oxygen atoms in total. The molecule has 0 saturated heterocycles. The Balaban J connectivity index is 1.10. The van der Waals surface area contributed by atoms with E-state index in [-0.39, 0.29) is 16.5 Å². The van der Waals surface area contributed by atoms with Gasteiger partial charge in [0.05, 0.1) is 11.1 Å². The first kappa shape index (κ1) is 28.6. The Hall–Kier alpha value is -4.56. The summed E-state index contributed by atoms with van der Waals surface area (Å²) in [5.74, 6) is 0. The van der Waals surface area contributed by atoms with E-state index in [1.54, 1.807) is 0 Å². The lowest BCUT2D eigenvalue weighted by atomic mass is 9.65. The molecule has 0 bridgehead atoms. The maximum absolute atomic E-state index is 2.59. The molecule has 0 saturated carbocycles. The average Bonchev–Trinajstić information content (AvgIpc) is 3.66. The van der Waals surface area contributed by atoms with Crippen molar-refractivity contribution in [3.05, 3.63) is 143 Å². The molecule has 0 heterocycles. The Morgan fingerprint density at radius 1 is 0.553 bits per heavy atom. The van der Waals surface area contributed by atoms with Gasteiger partial charge in [0.25, 0.3) is 0 Å². The van der Waals surface area contributed by atoms with Gasteiger partial charge in [-0.05, 0) is 109 Å². The van der Waals surface area contributed by atoms with Crippen molar-refractivity contribution in [2.45, 2.75) is 69.9 Å². The van der Waals surface area contributed by atoms with E-state index in [1.807, 2.05) is 0 Å². The van der Waals surface area contributed by atoms with Gasteiger partial charge in [-0.15, -0.1) is 0 Å². The van der Waals surface area contributed by atoms with E-state index in [2.05, 4.69) is 161 Å². The minimum atomic E-state index is -0.0482. The average molecular weight is 613 g/mol. The van der Waals surface area contributed by atoms with Crippen molar-refractivity contribution in [1.82, 2.24) is 0 Å². The molecule has 2 atom stereocenters. The first-order chi connectivity index (χ1) is 22.7. The van der Waals surface area contributed by atoms with Gasteiger partial charge in [-0.1, -0.05) is 113 Å². The smallest absolute Gasteiger partial charge is 0.0910 e. The van der Waals surface area contributed by atoms with Crippen LogP contribution in [0.1, 0.15) is 80.3 Å². The highest BCUT2D eigenvalue weighted by molar-refractivity contribution is 5.90. The van der Waals surface area contributed by atoms with Gasteiger partial charge >= 0.3 is 0 Å². The monoisotopic (exact) mass is 612 g/mol. The van der Waals surface area contributed by atoms with Gasteiger partial charge in [0.1, 0.15) is 0 Å². The Kier molecular flexibility index (Phi) is 5.93. The van der Waals surface area contributed by atoms with Crippen molar-refractivity contribution in [3.63, 3.8) is 0 Å². The van der Waals surface area contributed by atoms with Crippen LogP contribution in [0, 0.1) is 0 Å². The van der Waals surface area contributed by atoms with Gasteiger partial charge in [-0.25, -0.2) is 0 Å². The summed E-state index contributed by atoms with van der Waals surface area (Å²) in [4.78, 5) is 5.12. The molecule has 47 heavy (non-hydrogen) atoms. The largest absolute Gasteiger partial charge is 0.364 e. The van der Waals surface area contributed by atoms with Gasteiger partial charge in [0, 0.05) is 37.3 Å². The molecule has 0 aliphatic heterocycles. The van der Waals surface area contributed by atoms with Gasteiger partial charge in [-0.2, -0.15) is 0 Å². The topological polar surface area (TPSA) is 6.48 Å². The maximum atomic E-state index is 2.59. The number of nitrogens with zero attached hydrogens (tertiary/aromatic N) is 2. The molecular formula is C45H44N2. The molecule has 2 heteroatoms. The van der Waals surface area contributed by atoms with Crippen LogP contribution in [0.15, 0.2) is 109 Å². The number of rotatable bonds is 7. The zero-order valence-corrected chi connectivity index (χ0v) is 28.6. The van der Waals surface area contributed by atoms with Gasteiger partial charge < -0.3 is 9.80 Å². The second kappa shape index (κ2) is 9.73. The summed E-state index contributed by atoms with van der Waals surface area (Å²) in [5.41, 5.74) is 14.5. The van der Waals surface area contributed by atoms with Gasteiger partial charge in [0.15, 0.2) is 0 Å². The lowest BCUT2D eigenvalue weighted by molar-refractivity contribution is 0.349.